The van der Waals surface area contributed by atoms with Crippen molar-refractivity contribution in [1.82, 2.24) is 14.9 Å². The number of imidazole rings is 1. The summed E-state index contributed by atoms with van der Waals surface area (Å²) in [6.07, 6.45) is 1.48. The van der Waals surface area contributed by atoms with E-state index in [1.807, 2.05) is 18.5 Å². The number of halogens is 3. The normalized spacial score (nSPS) is 12.7. The van der Waals surface area contributed by atoms with E-state index in [9.17, 15) is 18.0 Å². The van der Waals surface area contributed by atoms with Crippen molar-refractivity contribution in [3.05, 3.63) is 94.6 Å². The smallest absolute Gasteiger partial charge is 0.251 e. The highest BCUT2D eigenvalue weighted by Crippen LogP contribution is 2.28. The lowest BCUT2D eigenvalue weighted by atomic mass is 10.1. The van der Waals surface area contributed by atoms with Gasteiger partial charge in [-0.05, 0) is 74.2 Å². The molecule has 1 heterocycles. The molecule has 0 saturated carbocycles. The van der Waals surface area contributed by atoms with Gasteiger partial charge in [0.1, 0.15) is 23.1 Å². The Morgan fingerprint density at radius 2 is 1.78 bits per heavy atom. The van der Waals surface area contributed by atoms with E-state index in [1.54, 1.807) is 44.2 Å². The second-order valence-electron chi connectivity index (χ2n) is 9.25. The van der Waals surface area contributed by atoms with Gasteiger partial charge in [-0.1, -0.05) is 19.1 Å². The second-order valence-corrected chi connectivity index (χ2v) is 9.25. The molecular weight excluding hydrogens is 477 g/mol. The number of benzene rings is 3. The number of nitrogens with one attached hydrogen (secondary N) is 1. The van der Waals surface area contributed by atoms with Crippen LogP contribution in [0.3, 0.4) is 0 Å². The molecule has 0 fully saturated rings. The largest absolute Gasteiger partial charge is 0.352 e. The lowest BCUT2D eigenvalue weighted by molar-refractivity contribution is 0.0953. The van der Waals surface area contributed by atoms with Crippen LogP contribution in [0.5, 0.6) is 0 Å². The van der Waals surface area contributed by atoms with Gasteiger partial charge in [-0.15, -0.1) is 0 Å². The first-order valence-electron chi connectivity index (χ1n) is 12.1. The standard InChI is InChI=1S/C29H29F3N4O/c1-17-14-23(31)16-24(32)27(17)34-19(3)18(2)28-35-25-12-9-21(15-26(25)36(28)4)29(37)33-13-5-6-20-7-10-22(30)11-8-20/h7-12,14-16,18H,5-6,13H2,1-4H3,(H,33,37). The minimum Gasteiger partial charge on any atom is -0.352 e. The molecule has 8 heteroatoms. The van der Waals surface area contributed by atoms with Gasteiger partial charge in [-0.25, -0.2) is 18.2 Å². The summed E-state index contributed by atoms with van der Waals surface area (Å²) in [5.74, 6) is -1.32. The van der Waals surface area contributed by atoms with Crippen molar-refractivity contribution in [2.45, 2.75) is 39.5 Å². The van der Waals surface area contributed by atoms with Gasteiger partial charge in [0, 0.05) is 30.9 Å². The Balaban J connectivity index is 1.47. The minimum atomic E-state index is -0.706. The zero-order chi connectivity index (χ0) is 26.7. The molecule has 0 radical (unpaired) electrons. The number of rotatable bonds is 8. The third kappa shape index (κ3) is 5.90. The van der Waals surface area contributed by atoms with Crippen molar-refractivity contribution < 1.29 is 18.0 Å². The van der Waals surface area contributed by atoms with Crippen molar-refractivity contribution in [3.63, 3.8) is 0 Å². The number of fused-ring (bicyclic) bond motifs is 1. The van der Waals surface area contributed by atoms with Crippen LogP contribution in [0.15, 0.2) is 59.6 Å². The molecule has 0 aliphatic heterocycles. The SMILES string of the molecule is CC(=Nc1c(C)cc(F)cc1F)C(C)c1nc2ccc(C(=O)NCCCc3ccc(F)cc3)cc2n1C. The van der Waals surface area contributed by atoms with Crippen LogP contribution in [-0.4, -0.2) is 27.7 Å². The maximum Gasteiger partial charge on any atom is 0.251 e. The van der Waals surface area contributed by atoms with E-state index in [-0.39, 0.29) is 23.3 Å². The van der Waals surface area contributed by atoms with Gasteiger partial charge < -0.3 is 9.88 Å². The van der Waals surface area contributed by atoms with E-state index in [2.05, 4.69) is 10.3 Å². The molecule has 5 nitrogen and oxygen atoms in total. The van der Waals surface area contributed by atoms with Crippen molar-refractivity contribution in [3.8, 4) is 0 Å². The van der Waals surface area contributed by atoms with E-state index < -0.39 is 11.6 Å². The van der Waals surface area contributed by atoms with Crippen LogP contribution in [0.2, 0.25) is 0 Å². The summed E-state index contributed by atoms with van der Waals surface area (Å²) >= 11 is 0. The Morgan fingerprint density at radius 3 is 2.49 bits per heavy atom. The fourth-order valence-corrected chi connectivity index (χ4v) is 4.28. The Labute approximate surface area is 214 Å². The van der Waals surface area contributed by atoms with Crippen molar-refractivity contribution in [2.24, 2.45) is 12.0 Å². The Hall–Kier alpha value is -3.94. The van der Waals surface area contributed by atoms with Crippen LogP contribution in [-0.2, 0) is 13.5 Å². The fraction of sp³-hybridized carbons (Fsp3) is 0.276. The molecule has 1 amide bonds. The molecule has 3 aromatic carbocycles. The second kappa shape index (κ2) is 11.0. The van der Waals surface area contributed by atoms with Gasteiger partial charge in [-0.3, -0.25) is 9.79 Å². The molecule has 0 spiro atoms. The van der Waals surface area contributed by atoms with Gasteiger partial charge in [0.05, 0.1) is 17.0 Å². The van der Waals surface area contributed by atoms with Crippen LogP contribution in [0.25, 0.3) is 11.0 Å². The molecule has 0 bridgehead atoms. The molecule has 4 aromatic rings. The van der Waals surface area contributed by atoms with Crippen LogP contribution in [0.1, 0.15) is 53.5 Å². The lowest BCUT2D eigenvalue weighted by Gasteiger charge is -2.13. The van der Waals surface area contributed by atoms with Crippen LogP contribution in [0, 0.1) is 24.4 Å². The van der Waals surface area contributed by atoms with Gasteiger partial charge in [0.2, 0.25) is 0 Å². The number of hydrogen-bond acceptors (Lipinski definition) is 3. The van der Waals surface area contributed by atoms with Crippen molar-refractivity contribution in [2.75, 3.05) is 6.54 Å². The highest BCUT2D eigenvalue weighted by Gasteiger charge is 2.19. The average Bonchev–Trinajstić information content (AvgIpc) is 3.20. The predicted molar refractivity (Wildman–Crippen MR) is 140 cm³/mol. The first-order valence-corrected chi connectivity index (χ1v) is 12.1. The molecule has 192 valence electrons. The van der Waals surface area contributed by atoms with E-state index >= 15 is 0 Å². The zero-order valence-corrected chi connectivity index (χ0v) is 21.3. The number of aromatic nitrogens is 2. The molecule has 1 unspecified atom stereocenters. The third-order valence-electron chi connectivity index (χ3n) is 6.54. The first kappa shape index (κ1) is 26.1. The molecule has 0 aliphatic rings. The van der Waals surface area contributed by atoms with Crippen LogP contribution >= 0.6 is 0 Å². The quantitative estimate of drug-likeness (QED) is 0.217. The third-order valence-corrected chi connectivity index (χ3v) is 6.54. The van der Waals surface area contributed by atoms with E-state index in [0.717, 1.165) is 35.5 Å². The summed E-state index contributed by atoms with van der Waals surface area (Å²) in [4.78, 5) is 21.9. The average molecular weight is 507 g/mol. The highest BCUT2D eigenvalue weighted by molar-refractivity contribution is 5.98. The Kier molecular flexibility index (Phi) is 7.76. The zero-order valence-electron chi connectivity index (χ0n) is 21.3. The van der Waals surface area contributed by atoms with Crippen LogP contribution in [0.4, 0.5) is 18.9 Å². The number of amides is 1. The summed E-state index contributed by atoms with van der Waals surface area (Å²) in [5, 5.41) is 2.93. The summed E-state index contributed by atoms with van der Waals surface area (Å²) in [6, 6.07) is 13.8. The van der Waals surface area contributed by atoms with Crippen molar-refractivity contribution >= 4 is 28.3 Å². The Morgan fingerprint density at radius 1 is 1.05 bits per heavy atom. The van der Waals surface area contributed by atoms with Gasteiger partial charge in [-0.2, -0.15) is 0 Å². The first-order chi connectivity index (χ1) is 17.6. The van der Waals surface area contributed by atoms with E-state index in [1.165, 1.54) is 18.2 Å². The van der Waals surface area contributed by atoms with E-state index in [0.29, 0.717) is 29.2 Å². The molecule has 0 saturated heterocycles. The molecule has 1 atom stereocenters. The Bertz CT molecular complexity index is 1450. The van der Waals surface area contributed by atoms with Gasteiger partial charge in [0.25, 0.3) is 5.91 Å². The predicted octanol–water partition coefficient (Wildman–Crippen LogP) is 6.56. The summed E-state index contributed by atoms with van der Waals surface area (Å²) < 4.78 is 42.7. The number of carbonyl (C=O) groups is 1. The summed E-state index contributed by atoms with van der Waals surface area (Å²) in [5.41, 5.74) is 4.22. The number of carbonyl (C=O) groups excluding carboxylic acids is 1. The summed E-state index contributed by atoms with van der Waals surface area (Å²) in [6.45, 7) is 5.83. The molecule has 1 aromatic heterocycles. The summed E-state index contributed by atoms with van der Waals surface area (Å²) in [7, 11) is 1.86. The minimum absolute atomic E-state index is 0.114. The number of nitrogens with zero attached hydrogens (tertiary/aromatic N) is 3. The monoisotopic (exact) mass is 506 g/mol. The molecule has 4 rings (SSSR count). The highest BCUT2D eigenvalue weighted by atomic mass is 19.1. The van der Waals surface area contributed by atoms with Gasteiger partial charge in [0.15, 0.2) is 5.82 Å². The van der Waals surface area contributed by atoms with Crippen molar-refractivity contribution in [1.29, 1.82) is 0 Å². The number of aliphatic imine (C=N–C) groups is 1. The lowest BCUT2D eigenvalue weighted by Crippen LogP contribution is -2.24. The topological polar surface area (TPSA) is 59.3 Å². The number of aryl methyl sites for hydroxylation is 3. The molecule has 0 aliphatic carbocycles. The van der Waals surface area contributed by atoms with Gasteiger partial charge >= 0.3 is 0 Å². The molecule has 37 heavy (non-hydrogen) atoms. The molecule has 1 N–H and O–H groups in total. The maximum absolute atomic E-state index is 14.3. The van der Waals surface area contributed by atoms with Crippen LogP contribution < -0.4 is 5.32 Å². The maximum atomic E-state index is 14.3. The van der Waals surface area contributed by atoms with E-state index in [4.69, 9.17) is 4.98 Å². The number of hydrogen-bond donors (Lipinski definition) is 1. The molecular formula is C29H29F3N4O. The fourth-order valence-electron chi connectivity index (χ4n) is 4.28.